The van der Waals surface area contributed by atoms with Gasteiger partial charge in [0.15, 0.2) is 0 Å². The van der Waals surface area contributed by atoms with Crippen LogP contribution in [0.25, 0.3) is 5.57 Å². The first-order valence-electron chi connectivity index (χ1n) is 18.0. The molecule has 0 radical (unpaired) electrons. The van der Waals surface area contributed by atoms with Crippen LogP contribution in [0.1, 0.15) is 179 Å². The topological polar surface area (TPSA) is 38.3 Å². The van der Waals surface area contributed by atoms with Crippen LogP contribution in [0.15, 0.2) is 30.3 Å². The summed E-state index contributed by atoms with van der Waals surface area (Å²) >= 11 is 0. The van der Waals surface area contributed by atoms with Crippen molar-refractivity contribution in [3.05, 3.63) is 35.9 Å². The Hall–Kier alpha value is -1.77. The predicted molar refractivity (Wildman–Crippen MR) is 180 cm³/mol. The molecule has 3 nitrogen and oxygen atoms in total. The van der Waals surface area contributed by atoms with Crippen LogP contribution in [0.5, 0.6) is 0 Å². The Labute approximate surface area is 254 Å². The Kier molecular flexibility index (Phi) is 22.4. The molecule has 0 amide bonds. The summed E-state index contributed by atoms with van der Waals surface area (Å²) in [4.78, 5) is 12.5. The van der Waals surface area contributed by atoms with Crippen LogP contribution < -0.4 is 5.32 Å². The molecule has 0 saturated heterocycles. The highest BCUT2D eigenvalue weighted by atomic mass is 16.5. The van der Waals surface area contributed by atoms with E-state index in [0.29, 0.717) is 18.7 Å². The Bertz CT molecular complexity index is 786. The summed E-state index contributed by atoms with van der Waals surface area (Å²) in [5, 5.41) is 3.30. The summed E-state index contributed by atoms with van der Waals surface area (Å²) in [5.74, 6) is -0.182. The number of carbonyl (C=O) groups excluding carboxylic acids is 1. The molecule has 0 fully saturated rings. The number of hydrogen-bond donors (Lipinski definition) is 1. The highest BCUT2D eigenvalue weighted by molar-refractivity contribution is 6.18. The second kappa shape index (κ2) is 25.9. The summed E-state index contributed by atoms with van der Waals surface area (Å²) in [7, 11) is 0. The normalized spacial score (nSPS) is 12.6. The van der Waals surface area contributed by atoms with E-state index in [1.807, 2.05) is 30.3 Å². The maximum atomic E-state index is 12.5. The van der Waals surface area contributed by atoms with Gasteiger partial charge in [0.2, 0.25) is 0 Å². The minimum atomic E-state index is -0.182. The number of ether oxygens (including phenoxy) is 1. The van der Waals surface area contributed by atoms with Crippen molar-refractivity contribution in [2.75, 3.05) is 18.5 Å². The Morgan fingerprint density at radius 2 is 0.976 bits per heavy atom. The molecular weight excluding hydrogens is 502 g/mol. The fourth-order valence-corrected chi connectivity index (χ4v) is 6.10. The number of unbranched alkanes of at least 4 members (excludes halogenated alkanes) is 25. The molecule has 3 heteroatoms. The lowest BCUT2D eigenvalue weighted by molar-refractivity contribution is -0.136. The highest BCUT2D eigenvalue weighted by Crippen LogP contribution is 2.28. The van der Waals surface area contributed by atoms with Gasteiger partial charge in [-0.1, -0.05) is 192 Å². The van der Waals surface area contributed by atoms with Crippen molar-refractivity contribution in [1.29, 1.82) is 0 Å². The minimum absolute atomic E-state index is 0.182. The molecule has 1 N–H and O–H groups in total. The molecular formula is C38H65NO2. The number of anilines is 1. The van der Waals surface area contributed by atoms with Crippen LogP contribution in [-0.2, 0) is 9.53 Å². The van der Waals surface area contributed by atoms with Gasteiger partial charge in [0.05, 0.1) is 12.2 Å². The van der Waals surface area contributed by atoms with Gasteiger partial charge in [-0.3, -0.25) is 0 Å². The van der Waals surface area contributed by atoms with Crippen LogP contribution in [0, 0.1) is 0 Å². The van der Waals surface area contributed by atoms with E-state index in [-0.39, 0.29) is 5.97 Å². The third-order valence-corrected chi connectivity index (χ3v) is 8.77. The maximum absolute atomic E-state index is 12.5. The average Bonchev–Trinajstić information content (AvgIpc) is 3.00. The second-order valence-corrected chi connectivity index (χ2v) is 12.5. The fraction of sp³-hybridized carbons (Fsp3) is 0.763. The SMILES string of the molecule is CCCCCCCCCCCCCCCCCCCCCCCCCCCCOC(=O)C1=CCNc2ccccc21. The minimum Gasteiger partial charge on any atom is -0.462 e. The smallest absolute Gasteiger partial charge is 0.338 e. The first kappa shape index (κ1) is 35.4. The maximum Gasteiger partial charge on any atom is 0.338 e. The van der Waals surface area contributed by atoms with E-state index in [1.165, 1.54) is 154 Å². The number of carbonyl (C=O) groups is 1. The van der Waals surface area contributed by atoms with Crippen molar-refractivity contribution in [1.82, 2.24) is 0 Å². The van der Waals surface area contributed by atoms with Gasteiger partial charge in [0, 0.05) is 17.8 Å². The Balaban J connectivity index is 1.23. The van der Waals surface area contributed by atoms with E-state index in [0.717, 1.165) is 24.1 Å². The molecule has 0 unspecified atom stereocenters. The molecule has 1 heterocycles. The molecule has 1 aromatic carbocycles. The third-order valence-electron chi connectivity index (χ3n) is 8.77. The molecule has 0 atom stereocenters. The molecule has 0 bridgehead atoms. The Morgan fingerprint density at radius 1 is 0.585 bits per heavy atom. The monoisotopic (exact) mass is 568 g/mol. The first-order valence-corrected chi connectivity index (χ1v) is 18.0. The zero-order chi connectivity index (χ0) is 29.1. The van der Waals surface area contributed by atoms with E-state index < -0.39 is 0 Å². The number of hydrogen-bond acceptors (Lipinski definition) is 3. The number of nitrogens with one attached hydrogen (secondary N) is 1. The van der Waals surface area contributed by atoms with Gasteiger partial charge in [-0.25, -0.2) is 4.79 Å². The summed E-state index contributed by atoms with van der Waals surface area (Å²) < 4.78 is 5.56. The summed E-state index contributed by atoms with van der Waals surface area (Å²) in [6.07, 6.45) is 38.4. The van der Waals surface area contributed by atoms with Crippen LogP contribution in [0.2, 0.25) is 0 Å². The van der Waals surface area contributed by atoms with Crippen molar-refractivity contribution in [3.8, 4) is 0 Å². The predicted octanol–water partition coefficient (Wildman–Crippen LogP) is 12.2. The molecule has 0 aliphatic carbocycles. The fourth-order valence-electron chi connectivity index (χ4n) is 6.10. The summed E-state index contributed by atoms with van der Waals surface area (Å²) in [5.41, 5.74) is 2.67. The van der Waals surface area contributed by atoms with Gasteiger partial charge < -0.3 is 10.1 Å². The number of benzene rings is 1. The van der Waals surface area contributed by atoms with Gasteiger partial charge in [-0.2, -0.15) is 0 Å². The second-order valence-electron chi connectivity index (χ2n) is 12.5. The molecule has 1 aliphatic rings. The van der Waals surface area contributed by atoms with E-state index in [1.54, 1.807) is 0 Å². The van der Waals surface area contributed by atoms with Crippen LogP contribution in [0.4, 0.5) is 5.69 Å². The molecule has 0 saturated carbocycles. The van der Waals surface area contributed by atoms with Crippen molar-refractivity contribution >= 4 is 17.2 Å². The Morgan fingerprint density at radius 3 is 1.41 bits per heavy atom. The zero-order valence-electron chi connectivity index (χ0n) is 27.0. The zero-order valence-corrected chi connectivity index (χ0v) is 27.0. The van der Waals surface area contributed by atoms with E-state index >= 15 is 0 Å². The average molecular weight is 568 g/mol. The number of fused-ring (bicyclic) bond motifs is 1. The molecule has 41 heavy (non-hydrogen) atoms. The standard InChI is InChI=1S/C38H65NO2/c1-2-3-4-5-6-7-8-9-10-11-12-13-14-15-16-17-18-19-20-21-22-23-24-25-26-29-34-41-38(40)36-32-33-39-37-31-28-27-30-35(36)37/h27-28,30-32,39H,2-26,29,33-34H2,1H3. The largest absolute Gasteiger partial charge is 0.462 e. The van der Waals surface area contributed by atoms with Crippen molar-refractivity contribution in [3.63, 3.8) is 0 Å². The third kappa shape index (κ3) is 18.4. The van der Waals surface area contributed by atoms with Crippen molar-refractivity contribution < 1.29 is 9.53 Å². The lowest BCUT2D eigenvalue weighted by Crippen LogP contribution is -2.15. The van der Waals surface area contributed by atoms with Crippen LogP contribution in [-0.4, -0.2) is 19.1 Å². The van der Waals surface area contributed by atoms with Gasteiger partial charge in [0.1, 0.15) is 0 Å². The highest BCUT2D eigenvalue weighted by Gasteiger charge is 2.19. The van der Waals surface area contributed by atoms with Crippen LogP contribution in [0.3, 0.4) is 0 Å². The number of para-hydroxylation sites is 1. The molecule has 0 aromatic heterocycles. The molecule has 0 spiro atoms. The summed E-state index contributed by atoms with van der Waals surface area (Å²) in [6, 6.07) is 7.95. The lowest BCUT2D eigenvalue weighted by atomic mass is 10.0. The molecule has 1 aliphatic heterocycles. The summed E-state index contributed by atoms with van der Waals surface area (Å²) in [6.45, 7) is 3.51. The van der Waals surface area contributed by atoms with Gasteiger partial charge in [-0.05, 0) is 12.5 Å². The van der Waals surface area contributed by atoms with Crippen molar-refractivity contribution in [2.24, 2.45) is 0 Å². The number of esters is 1. The molecule has 2 rings (SSSR count). The van der Waals surface area contributed by atoms with Crippen molar-refractivity contribution in [2.45, 2.75) is 174 Å². The van der Waals surface area contributed by atoms with E-state index in [2.05, 4.69) is 12.2 Å². The lowest BCUT2D eigenvalue weighted by Gasteiger charge is -2.18. The quantitative estimate of drug-likeness (QED) is 0.0808. The number of rotatable bonds is 28. The molecule has 1 aromatic rings. The van der Waals surface area contributed by atoms with Gasteiger partial charge in [-0.15, -0.1) is 0 Å². The van der Waals surface area contributed by atoms with E-state index in [9.17, 15) is 4.79 Å². The van der Waals surface area contributed by atoms with Gasteiger partial charge in [0.25, 0.3) is 0 Å². The first-order chi connectivity index (χ1) is 20.3. The molecule has 234 valence electrons. The van der Waals surface area contributed by atoms with Crippen LogP contribution >= 0.6 is 0 Å². The van der Waals surface area contributed by atoms with E-state index in [4.69, 9.17) is 4.74 Å². The van der Waals surface area contributed by atoms with Gasteiger partial charge >= 0.3 is 5.97 Å².